The second-order valence-corrected chi connectivity index (χ2v) is 6.81. The van der Waals surface area contributed by atoms with Gasteiger partial charge in [-0.3, -0.25) is 9.79 Å². The Kier molecular flexibility index (Phi) is 5.96. The summed E-state index contributed by atoms with van der Waals surface area (Å²) in [6.07, 6.45) is 0.884. The van der Waals surface area contributed by atoms with Crippen molar-refractivity contribution in [3.63, 3.8) is 0 Å². The number of para-hydroxylation sites is 1. The first-order valence-corrected chi connectivity index (χ1v) is 9.09. The SMILES string of the molecule is CN1CC[C@@H](N=C(N)C(C(N)=O)=C(N)c2ccc(Oc3ccccc3)cc2)C1. The number of likely N-dealkylation sites (N-methyl/N-ethyl adjacent to an activating group) is 1. The molecule has 0 saturated carbocycles. The van der Waals surface area contributed by atoms with Crippen LogP contribution < -0.4 is 21.9 Å². The Morgan fingerprint density at radius 2 is 1.68 bits per heavy atom. The van der Waals surface area contributed by atoms with Crippen LogP contribution in [0.2, 0.25) is 0 Å². The minimum absolute atomic E-state index is 0.0359. The van der Waals surface area contributed by atoms with E-state index in [9.17, 15) is 4.79 Å². The van der Waals surface area contributed by atoms with E-state index >= 15 is 0 Å². The lowest BCUT2D eigenvalue weighted by molar-refractivity contribution is -0.114. The van der Waals surface area contributed by atoms with Gasteiger partial charge in [-0.25, -0.2) is 0 Å². The molecule has 0 unspecified atom stereocenters. The number of carbonyl (C=O) groups excluding carboxylic acids is 1. The number of amides is 1. The van der Waals surface area contributed by atoms with Crippen LogP contribution in [0.25, 0.3) is 5.70 Å². The summed E-state index contributed by atoms with van der Waals surface area (Å²) >= 11 is 0. The van der Waals surface area contributed by atoms with E-state index in [1.54, 1.807) is 24.3 Å². The molecular weight excluding hydrogens is 354 g/mol. The minimum Gasteiger partial charge on any atom is -0.457 e. The molecule has 1 amide bonds. The summed E-state index contributed by atoms with van der Waals surface area (Å²) in [5.41, 5.74) is 18.7. The maximum Gasteiger partial charge on any atom is 0.254 e. The molecule has 0 aromatic heterocycles. The standard InChI is InChI=1S/C21H25N5O2/c1-26-12-11-15(13-26)25-20(23)18(21(24)27)19(22)14-7-9-17(10-8-14)28-16-5-3-2-4-6-16/h2-10,15H,11-13,22H2,1H3,(H2,23,25)(H2,24,27)/t15-/m1/s1. The normalized spacial score (nSPS) is 18.6. The number of amidine groups is 1. The van der Waals surface area contributed by atoms with Crippen LogP contribution in [0.4, 0.5) is 0 Å². The molecule has 0 aliphatic carbocycles. The third-order valence-electron chi connectivity index (χ3n) is 4.60. The van der Waals surface area contributed by atoms with Crippen LogP contribution in [0, 0.1) is 0 Å². The van der Waals surface area contributed by atoms with Crippen LogP contribution in [0.15, 0.2) is 65.2 Å². The first-order chi connectivity index (χ1) is 13.4. The number of primary amides is 1. The molecule has 146 valence electrons. The maximum absolute atomic E-state index is 12.0. The second kappa shape index (κ2) is 8.58. The van der Waals surface area contributed by atoms with E-state index in [0.29, 0.717) is 11.3 Å². The van der Waals surface area contributed by atoms with Crippen LogP contribution in [0.3, 0.4) is 0 Å². The number of aliphatic imine (C=N–C) groups is 1. The maximum atomic E-state index is 12.0. The molecule has 1 aliphatic heterocycles. The Labute approximate surface area is 164 Å². The van der Waals surface area contributed by atoms with Gasteiger partial charge in [-0.15, -0.1) is 0 Å². The molecule has 2 aromatic carbocycles. The number of ether oxygens (including phenoxy) is 1. The molecule has 2 aromatic rings. The first kappa shape index (κ1) is 19.4. The molecule has 1 heterocycles. The van der Waals surface area contributed by atoms with E-state index in [0.717, 1.165) is 25.3 Å². The number of carbonyl (C=O) groups is 1. The van der Waals surface area contributed by atoms with Gasteiger partial charge in [0, 0.05) is 6.54 Å². The predicted molar refractivity (Wildman–Crippen MR) is 111 cm³/mol. The lowest BCUT2D eigenvalue weighted by Crippen LogP contribution is -2.31. The van der Waals surface area contributed by atoms with Crippen molar-refractivity contribution in [2.45, 2.75) is 12.5 Å². The number of nitrogens with zero attached hydrogens (tertiary/aromatic N) is 2. The summed E-state index contributed by atoms with van der Waals surface area (Å²) in [7, 11) is 2.02. The van der Waals surface area contributed by atoms with Crippen molar-refractivity contribution in [1.82, 2.24) is 4.90 Å². The fraction of sp³-hybridized carbons (Fsp3) is 0.238. The van der Waals surface area contributed by atoms with Gasteiger partial charge in [-0.2, -0.15) is 0 Å². The number of nitrogens with two attached hydrogens (primary N) is 3. The van der Waals surface area contributed by atoms with Gasteiger partial charge >= 0.3 is 0 Å². The van der Waals surface area contributed by atoms with Crippen molar-refractivity contribution in [2.24, 2.45) is 22.2 Å². The highest BCUT2D eigenvalue weighted by molar-refractivity contribution is 6.24. The summed E-state index contributed by atoms with van der Waals surface area (Å²) in [6, 6.07) is 16.5. The predicted octanol–water partition coefficient (Wildman–Crippen LogP) is 1.70. The average molecular weight is 379 g/mol. The molecule has 0 radical (unpaired) electrons. The number of likely N-dealkylation sites (tertiary alicyclic amines) is 1. The molecular formula is C21H25N5O2. The number of benzene rings is 2. The lowest BCUT2D eigenvalue weighted by atomic mass is 10.0. The summed E-state index contributed by atoms with van der Waals surface area (Å²) in [5, 5.41) is 0. The van der Waals surface area contributed by atoms with Gasteiger partial charge < -0.3 is 26.8 Å². The molecule has 1 aliphatic rings. The van der Waals surface area contributed by atoms with Gasteiger partial charge in [0.15, 0.2) is 0 Å². The van der Waals surface area contributed by atoms with Gasteiger partial charge in [0.25, 0.3) is 5.91 Å². The molecule has 28 heavy (non-hydrogen) atoms. The molecule has 1 fully saturated rings. The molecule has 0 bridgehead atoms. The topological polar surface area (TPSA) is 120 Å². The molecule has 1 atom stereocenters. The molecule has 1 saturated heterocycles. The smallest absolute Gasteiger partial charge is 0.254 e. The Hall–Kier alpha value is -3.32. The second-order valence-electron chi connectivity index (χ2n) is 6.81. The van der Waals surface area contributed by atoms with Crippen LogP contribution in [0.1, 0.15) is 12.0 Å². The highest BCUT2D eigenvalue weighted by Gasteiger charge is 2.22. The minimum atomic E-state index is -0.699. The van der Waals surface area contributed by atoms with Crippen molar-refractivity contribution >= 4 is 17.4 Å². The Bertz CT molecular complexity index is 891. The van der Waals surface area contributed by atoms with Crippen LogP contribution in [-0.2, 0) is 4.79 Å². The summed E-state index contributed by atoms with van der Waals surface area (Å²) in [5.74, 6) is 0.762. The number of rotatable bonds is 6. The monoisotopic (exact) mass is 379 g/mol. The molecule has 0 spiro atoms. The van der Waals surface area contributed by atoms with Crippen molar-refractivity contribution in [2.75, 3.05) is 20.1 Å². The highest BCUT2D eigenvalue weighted by Crippen LogP contribution is 2.23. The molecule has 7 nitrogen and oxygen atoms in total. The molecule has 7 heteroatoms. The van der Waals surface area contributed by atoms with E-state index in [-0.39, 0.29) is 23.1 Å². The summed E-state index contributed by atoms with van der Waals surface area (Å²) in [4.78, 5) is 18.6. The Morgan fingerprint density at radius 3 is 2.25 bits per heavy atom. The Balaban J connectivity index is 1.83. The summed E-state index contributed by atoms with van der Waals surface area (Å²) < 4.78 is 5.77. The van der Waals surface area contributed by atoms with Crippen molar-refractivity contribution < 1.29 is 9.53 Å². The van der Waals surface area contributed by atoms with Gasteiger partial charge in [0.05, 0.1) is 11.7 Å². The fourth-order valence-corrected chi connectivity index (χ4v) is 3.15. The van der Waals surface area contributed by atoms with Crippen LogP contribution in [-0.4, -0.2) is 42.8 Å². The van der Waals surface area contributed by atoms with Gasteiger partial charge in [0.2, 0.25) is 0 Å². The van der Waals surface area contributed by atoms with Gasteiger partial charge in [-0.05, 0) is 62.0 Å². The molecule has 3 rings (SSSR count). The zero-order chi connectivity index (χ0) is 20.1. The molecule has 6 N–H and O–H groups in total. The van der Waals surface area contributed by atoms with Crippen molar-refractivity contribution in [3.8, 4) is 11.5 Å². The zero-order valence-corrected chi connectivity index (χ0v) is 15.8. The van der Waals surface area contributed by atoms with Gasteiger partial charge in [-0.1, -0.05) is 18.2 Å². The fourth-order valence-electron chi connectivity index (χ4n) is 3.15. The van der Waals surface area contributed by atoms with E-state index < -0.39 is 5.91 Å². The lowest BCUT2D eigenvalue weighted by Gasteiger charge is -2.12. The largest absolute Gasteiger partial charge is 0.457 e. The van der Waals surface area contributed by atoms with Crippen molar-refractivity contribution in [1.29, 1.82) is 0 Å². The summed E-state index contributed by atoms with van der Waals surface area (Å²) in [6.45, 7) is 1.73. The quantitative estimate of drug-likeness (QED) is 0.401. The number of hydrogen-bond acceptors (Lipinski definition) is 5. The first-order valence-electron chi connectivity index (χ1n) is 9.09. The van der Waals surface area contributed by atoms with Crippen LogP contribution in [0.5, 0.6) is 11.5 Å². The van der Waals surface area contributed by atoms with E-state index in [2.05, 4.69) is 9.89 Å². The van der Waals surface area contributed by atoms with Crippen molar-refractivity contribution in [3.05, 3.63) is 65.7 Å². The number of hydrogen-bond donors (Lipinski definition) is 3. The highest BCUT2D eigenvalue weighted by atomic mass is 16.5. The average Bonchev–Trinajstić information content (AvgIpc) is 3.07. The van der Waals surface area contributed by atoms with E-state index in [1.165, 1.54) is 0 Å². The van der Waals surface area contributed by atoms with Gasteiger partial charge in [0.1, 0.15) is 22.9 Å². The third kappa shape index (κ3) is 4.69. The Morgan fingerprint density at radius 1 is 1.04 bits per heavy atom. The van der Waals surface area contributed by atoms with E-state index in [1.807, 2.05) is 37.4 Å². The zero-order valence-electron chi connectivity index (χ0n) is 15.8. The van der Waals surface area contributed by atoms with Crippen LogP contribution >= 0.6 is 0 Å². The third-order valence-corrected chi connectivity index (χ3v) is 4.60. The van der Waals surface area contributed by atoms with E-state index in [4.69, 9.17) is 21.9 Å².